The molecular formula is C28H28ClNO2S. The molecule has 0 spiro atoms. The SMILES string of the molecule is CCOC(=O)/C=C/c1cc(Cl)ccc1CCC(=S)N(Cc1ccccc1)Cc1ccccc1. The van der Waals surface area contributed by atoms with Gasteiger partial charge in [-0.05, 0) is 53.8 Å². The van der Waals surface area contributed by atoms with Crippen LogP contribution >= 0.6 is 23.8 Å². The predicted molar refractivity (Wildman–Crippen MR) is 140 cm³/mol. The van der Waals surface area contributed by atoms with Gasteiger partial charge >= 0.3 is 5.97 Å². The third-order valence-electron chi connectivity index (χ3n) is 5.19. The summed E-state index contributed by atoms with van der Waals surface area (Å²) in [6.07, 6.45) is 4.66. The summed E-state index contributed by atoms with van der Waals surface area (Å²) in [7, 11) is 0. The van der Waals surface area contributed by atoms with Crippen molar-refractivity contribution in [3.8, 4) is 0 Å². The minimum atomic E-state index is -0.365. The Balaban J connectivity index is 1.73. The highest BCUT2D eigenvalue weighted by atomic mass is 35.5. The highest BCUT2D eigenvalue weighted by Gasteiger charge is 2.13. The number of hydrogen-bond donors (Lipinski definition) is 0. The Hall–Kier alpha value is -2.95. The van der Waals surface area contributed by atoms with Crippen molar-refractivity contribution in [3.05, 3.63) is 112 Å². The van der Waals surface area contributed by atoms with Gasteiger partial charge in [0.2, 0.25) is 0 Å². The number of rotatable bonds is 10. The topological polar surface area (TPSA) is 29.5 Å². The first-order valence-corrected chi connectivity index (χ1v) is 11.8. The maximum atomic E-state index is 11.7. The van der Waals surface area contributed by atoms with E-state index in [0.717, 1.165) is 42.0 Å². The third kappa shape index (κ3) is 8.16. The molecule has 0 aromatic heterocycles. The number of benzene rings is 3. The lowest BCUT2D eigenvalue weighted by atomic mass is 10.0. The summed E-state index contributed by atoms with van der Waals surface area (Å²) >= 11 is 12.1. The predicted octanol–water partition coefficient (Wildman–Crippen LogP) is 6.88. The van der Waals surface area contributed by atoms with E-state index in [1.165, 1.54) is 17.2 Å². The van der Waals surface area contributed by atoms with Crippen LogP contribution < -0.4 is 0 Å². The molecule has 3 aromatic rings. The van der Waals surface area contributed by atoms with Crippen molar-refractivity contribution in [2.75, 3.05) is 6.61 Å². The van der Waals surface area contributed by atoms with Crippen molar-refractivity contribution in [3.63, 3.8) is 0 Å². The van der Waals surface area contributed by atoms with Gasteiger partial charge in [-0.15, -0.1) is 0 Å². The number of halogens is 1. The van der Waals surface area contributed by atoms with Gasteiger partial charge in [-0.2, -0.15) is 0 Å². The molecule has 3 nitrogen and oxygen atoms in total. The maximum Gasteiger partial charge on any atom is 0.330 e. The van der Waals surface area contributed by atoms with Crippen LogP contribution in [-0.4, -0.2) is 22.5 Å². The number of hydrogen-bond acceptors (Lipinski definition) is 3. The molecule has 0 N–H and O–H groups in total. The first-order valence-electron chi connectivity index (χ1n) is 11.0. The van der Waals surface area contributed by atoms with Crippen LogP contribution in [0.4, 0.5) is 0 Å². The number of carbonyl (C=O) groups excluding carboxylic acids is 1. The normalized spacial score (nSPS) is 10.8. The van der Waals surface area contributed by atoms with Gasteiger partial charge in [0, 0.05) is 30.6 Å². The Kier molecular flexibility index (Phi) is 9.67. The van der Waals surface area contributed by atoms with Crippen molar-refractivity contribution in [2.24, 2.45) is 0 Å². The molecular weight excluding hydrogens is 450 g/mol. The van der Waals surface area contributed by atoms with Gasteiger partial charge in [-0.1, -0.05) is 90.5 Å². The van der Waals surface area contributed by atoms with Crippen LogP contribution in [0, 0.1) is 0 Å². The van der Waals surface area contributed by atoms with Gasteiger partial charge in [0.15, 0.2) is 0 Å². The fraction of sp³-hybridized carbons (Fsp3) is 0.214. The lowest BCUT2D eigenvalue weighted by Crippen LogP contribution is -2.29. The molecule has 0 fully saturated rings. The molecule has 0 saturated heterocycles. The molecule has 5 heteroatoms. The van der Waals surface area contributed by atoms with Crippen LogP contribution in [0.25, 0.3) is 6.08 Å². The zero-order chi connectivity index (χ0) is 23.5. The van der Waals surface area contributed by atoms with Gasteiger partial charge < -0.3 is 9.64 Å². The largest absolute Gasteiger partial charge is 0.463 e. The third-order valence-corrected chi connectivity index (χ3v) is 5.88. The fourth-order valence-electron chi connectivity index (χ4n) is 3.54. The number of esters is 1. The van der Waals surface area contributed by atoms with Gasteiger partial charge in [-0.3, -0.25) is 0 Å². The minimum absolute atomic E-state index is 0.346. The Morgan fingerprint density at radius 2 is 1.58 bits per heavy atom. The molecule has 0 aliphatic carbocycles. The van der Waals surface area contributed by atoms with E-state index in [0.29, 0.717) is 11.6 Å². The van der Waals surface area contributed by atoms with Gasteiger partial charge in [0.25, 0.3) is 0 Å². The van der Waals surface area contributed by atoms with Crippen molar-refractivity contribution in [1.82, 2.24) is 4.90 Å². The van der Waals surface area contributed by atoms with E-state index in [9.17, 15) is 4.79 Å². The van der Waals surface area contributed by atoms with Gasteiger partial charge in [-0.25, -0.2) is 4.79 Å². The van der Waals surface area contributed by atoms with Crippen LogP contribution in [0.5, 0.6) is 0 Å². The number of aryl methyl sites for hydroxylation is 1. The second-order valence-electron chi connectivity index (χ2n) is 7.65. The summed E-state index contributed by atoms with van der Waals surface area (Å²) in [5, 5.41) is 0.625. The first-order chi connectivity index (χ1) is 16.0. The summed E-state index contributed by atoms with van der Waals surface area (Å²) in [5.41, 5.74) is 4.43. The lowest BCUT2D eigenvalue weighted by molar-refractivity contribution is -0.137. The van der Waals surface area contributed by atoms with E-state index in [1.807, 2.05) is 30.3 Å². The minimum Gasteiger partial charge on any atom is -0.463 e. The number of carbonyl (C=O) groups is 1. The summed E-state index contributed by atoms with van der Waals surface area (Å²) in [6, 6.07) is 26.5. The molecule has 0 saturated carbocycles. The van der Waals surface area contributed by atoms with Crippen LogP contribution in [0.3, 0.4) is 0 Å². The second kappa shape index (κ2) is 12.9. The van der Waals surface area contributed by atoms with Crippen molar-refractivity contribution in [2.45, 2.75) is 32.9 Å². The van der Waals surface area contributed by atoms with E-state index in [1.54, 1.807) is 13.0 Å². The Morgan fingerprint density at radius 1 is 0.970 bits per heavy atom. The maximum absolute atomic E-state index is 11.7. The van der Waals surface area contributed by atoms with E-state index in [4.69, 9.17) is 28.6 Å². The fourth-order valence-corrected chi connectivity index (χ4v) is 3.95. The van der Waals surface area contributed by atoms with Crippen LogP contribution in [0.2, 0.25) is 5.02 Å². The zero-order valence-corrected chi connectivity index (χ0v) is 20.3. The lowest BCUT2D eigenvalue weighted by Gasteiger charge is -2.26. The molecule has 3 rings (SSSR count). The molecule has 0 bridgehead atoms. The average Bonchev–Trinajstić information content (AvgIpc) is 2.83. The Labute approximate surface area is 206 Å². The molecule has 0 radical (unpaired) electrons. The number of thiocarbonyl (C=S) groups is 1. The number of ether oxygens (including phenoxy) is 1. The van der Waals surface area contributed by atoms with Crippen LogP contribution in [-0.2, 0) is 29.0 Å². The zero-order valence-electron chi connectivity index (χ0n) is 18.7. The summed E-state index contributed by atoms with van der Waals surface area (Å²) in [6.45, 7) is 3.64. The Bertz CT molecular complexity index is 1040. The summed E-state index contributed by atoms with van der Waals surface area (Å²) < 4.78 is 4.99. The average molecular weight is 478 g/mol. The van der Waals surface area contributed by atoms with Gasteiger partial charge in [0.1, 0.15) is 0 Å². The van der Waals surface area contributed by atoms with Crippen molar-refractivity contribution < 1.29 is 9.53 Å². The molecule has 0 amide bonds. The molecule has 0 aliphatic rings. The molecule has 0 atom stereocenters. The molecule has 0 aliphatic heterocycles. The molecule has 0 unspecified atom stereocenters. The smallest absolute Gasteiger partial charge is 0.330 e. The van der Waals surface area contributed by atoms with E-state index < -0.39 is 0 Å². The monoisotopic (exact) mass is 477 g/mol. The van der Waals surface area contributed by atoms with E-state index in [-0.39, 0.29) is 5.97 Å². The Morgan fingerprint density at radius 3 is 2.15 bits per heavy atom. The number of nitrogens with zero attached hydrogens (tertiary/aromatic N) is 1. The highest BCUT2D eigenvalue weighted by Crippen LogP contribution is 2.21. The van der Waals surface area contributed by atoms with Crippen molar-refractivity contribution in [1.29, 1.82) is 0 Å². The van der Waals surface area contributed by atoms with E-state index >= 15 is 0 Å². The quantitative estimate of drug-likeness (QED) is 0.181. The summed E-state index contributed by atoms with van der Waals surface area (Å²) in [5.74, 6) is -0.365. The second-order valence-corrected chi connectivity index (χ2v) is 8.56. The van der Waals surface area contributed by atoms with Crippen LogP contribution in [0.15, 0.2) is 84.9 Å². The first kappa shape index (κ1) is 24.7. The van der Waals surface area contributed by atoms with E-state index in [2.05, 4.69) is 53.4 Å². The standard InChI is InChI=1S/C28H28ClNO2S/c1-2-32-28(31)18-15-25-19-26(29)16-13-24(25)14-17-27(33)30(20-22-9-5-3-6-10-22)21-23-11-7-4-8-12-23/h3-13,15-16,18-19H,2,14,17,20-21H2,1H3/b18-15+. The molecule has 170 valence electrons. The molecule has 33 heavy (non-hydrogen) atoms. The highest BCUT2D eigenvalue weighted by molar-refractivity contribution is 7.80. The summed E-state index contributed by atoms with van der Waals surface area (Å²) in [4.78, 5) is 14.9. The molecule has 3 aromatic carbocycles. The van der Waals surface area contributed by atoms with Gasteiger partial charge in [0.05, 0.1) is 11.6 Å². The molecule has 0 heterocycles. The van der Waals surface area contributed by atoms with Crippen molar-refractivity contribution >= 4 is 40.9 Å². The van der Waals surface area contributed by atoms with Crippen LogP contribution in [0.1, 0.15) is 35.6 Å².